The van der Waals surface area contributed by atoms with Gasteiger partial charge in [-0.05, 0) is 68.9 Å². The van der Waals surface area contributed by atoms with Gasteiger partial charge >= 0.3 is 0 Å². The summed E-state index contributed by atoms with van der Waals surface area (Å²) in [6.07, 6.45) is 3.26. The summed E-state index contributed by atoms with van der Waals surface area (Å²) in [5, 5.41) is 6.02. The minimum Gasteiger partial charge on any atom is -0.497 e. The first-order valence-electron chi connectivity index (χ1n) is 11.6. The van der Waals surface area contributed by atoms with E-state index in [1.165, 1.54) is 0 Å². The number of rotatable bonds is 7. The molecule has 0 spiro atoms. The first-order chi connectivity index (χ1) is 15.9. The maximum Gasteiger partial charge on any atom is 0.253 e. The van der Waals surface area contributed by atoms with Gasteiger partial charge in [0.1, 0.15) is 11.8 Å². The Hall–Kier alpha value is -3.35. The molecule has 1 saturated carbocycles. The molecule has 0 aromatic heterocycles. The molecule has 174 valence electrons. The second kappa shape index (κ2) is 10.1. The van der Waals surface area contributed by atoms with Crippen LogP contribution in [-0.2, 0) is 4.79 Å². The van der Waals surface area contributed by atoms with Crippen LogP contribution in [0.4, 0.5) is 0 Å². The molecule has 2 N–H and O–H groups in total. The molecule has 1 atom stereocenters. The molecule has 2 fully saturated rings. The van der Waals surface area contributed by atoms with Gasteiger partial charge in [-0.3, -0.25) is 14.4 Å². The van der Waals surface area contributed by atoms with E-state index in [4.69, 9.17) is 4.74 Å². The molecule has 7 nitrogen and oxygen atoms in total. The number of nitrogens with one attached hydrogen (secondary N) is 2. The molecule has 0 bridgehead atoms. The van der Waals surface area contributed by atoms with Crippen LogP contribution in [0.1, 0.15) is 52.0 Å². The second-order valence-electron chi connectivity index (χ2n) is 8.96. The van der Waals surface area contributed by atoms with Crippen molar-refractivity contribution in [3.05, 3.63) is 65.2 Å². The smallest absolute Gasteiger partial charge is 0.253 e. The van der Waals surface area contributed by atoms with Crippen molar-refractivity contribution < 1.29 is 19.1 Å². The molecule has 33 heavy (non-hydrogen) atoms. The Labute approximate surface area is 194 Å². The second-order valence-corrected chi connectivity index (χ2v) is 8.96. The number of hydrogen-bond acceptors (Lipinski definition) is 4. The standard InChI is InChI=1S/C26H31N3O4/c1-17-6-8-19(9-7-17)24(30)28-23(25(31)27-21-10-11-21)18-12-14-29(15-13-18)26(32)20-4-3-5-22(16-20)33-2/h3-9,16,18,21,23H,10-15H2,1-2H3,(H,27,31)(H,28,30). The molecule has 1 heterocycles. The molecule has 1 saturated heterocycles. The number of aryl methyl sites for hydroxylation is 1. The summed E-state index contributed by atoms with van der Waals surface area (Å²) in [6, 6.07) is 14.0. The lowest BCUT2D eigenvalue weighted by Crippen LogP contribution is -2.54. The number of hydrogen-bond donors (Lipinski definition) is 2. The molecule has 1 unspecified atom stereocenters. The van der Waals surface area contributed by atoms with E-state index < -0.39 is 6.04 Å². The maximum absolute atomic E-state index is 13.0. The molecular weight excluding hydrogens is 418 g/mol. The summed E-state index contributed by atoms with van der Waals surface area (Å²) in [4.78, 5) is 40.6. The van der Waals surface area contributed by atoms with Crippen molar-refractivity contribution in [2.24, 2.45) is 5.92 Å². The zero-order valence-corrected chi connectivity index (χ0v) is 19.2. The summed E-state index contributed by atoms with van der Waals surface area (Å²) in [5.41, 5.74) is 2.20. The highest BCUT2D eigenvalue weighted by molar-refractivity contribution is 5.98. The van der Waals surface area contributed by atoms with Crippen LogP contribution in [0.2, 0.25) is 0 Å². The SMILES string of the molecule is COc1cccc(C(=O)N2CCC(C(NC(=O)c3ccc(C)cc3)C(=O)NC3CC3)CC2)c1. The summed E-state index contributed by atoms with van der Waals surface area (Å²) >= 11 is 0. The van der Waals surface area contributed by atoms with E-state index in [1.54, 1.807) is 37.4 Å². The first kappa shape index (κ1) is 22.8. The molecule has 7 heteroatoms. The quantitative estimate of drug-likeness (QED) is 0.680. The number of carbonyl (C=O) groups excluding carboxylic acids is 3. The molecule has 0 radical (unpaired) electrons. The van der Waals surface area contributed by atoms with Crippen LogP contribution >= 0.6 is 0 Å². The first-order valence-corrected chi connectivity index (χ1v) is 11.6. The molecule has 1 aliphatic carbocycles. The largest absolute Gasteiger partial charge is 0.497 e. The number of methoxy groups -OCH3 is 1. The zero-order chi connectivity index (χ0) is 23.4. The fourth-order valence-corrected chi connectivity index (χ4v) is 4.22. The van der Waals surface area contributed by atoms with Crippen LogP contribution in [-0.4, -0.2) is 54.9 Å². The zero-order valence-electron chi connectivity index (χ0n) is 19.2. The molecule has 2 aromatic carbocycles. The van der Waals surface area contributed by atoms with Gasteiger partial charge in [0.2, 0.25) is 5.91 Å². The number of benzene rings is 2. The highest BCUT2D eigenvalue weighted by atomic mass is 16.5. The average Bonchev–Trinajstić information content (AvgIpc) is 3.66. The summed E-state index contributed by atoms with van der Waals surface area (Å²) in [5.74, 6) is 0.185. The van der Waals surface area contributed by atoms with Gasteiger partial charge < -0.3 is 20.3 Å². The fourth-order valence-electron chi connectivity index (χ4n) is 4.22. The minimum atomic E-state index is -0.617. The predicted molar refractivity (Wildman–Crippen MR) is 125 cm³/mol. The summed E-state index contributed by atoms with van der Waals surface area (Å²) in [7, 11) is 1.58. The lowest BCUT2D eigenvalue weighted by molar-refractivity contribution is -0.124. The lowest BCUT2D eigenvalue weighted by atomic mass is 9.88. The van der Waals surface area contributed by atoms with Gasteiger partial charge in [0.15, 0.2) is 0 Å². The molecule has 2 aliphatic rings. The van der Waals surface area contributed by atoms with Crippen LogP contribution in [0.15, 0.2) is 48.5 Å². The fraction of sp³-hybridized carbons (Fsp3) is 0.423. The number of ether oxygens (including phenoxy) is 1. The van der Waals surface area contributed by atoms with Crippen molar-refractivity contribution in [2.75, 3.05) is 20.2 Å². The van der Waals surface area contributed by atoms with Crippen molar-refractivity contribution in [3.63, 3.8) is 0 Å². The van der Waals surface area contributed by atoms with Crippen molar-refractivity contribution in [3.8, 4) is 5.75 Å². The van der Waals surface area contributed by atoms with Crippen molar-refractivity contribution in [1.29, 1.82) is 0 Å². The Morgan fingerprint density at radius 1 is 0.970 bits per heavy atom. The monoisotopic (exact) mass is 449 g/mol. The van der Waals surface area contributed by atoms with Crippen LogP contribution in [0.5, 0.6) is 5.75 Å². The highest BCUT2D eigenvalue weighted by Crippen LogP contribution is 2.25. The van der Waals surface area contributed by atoms with Crippen molar-refractivity contribution >= 4 is 17.7 Å². The third-order valence-corrected chi connectivity index (χ3v) is 6.42. The van der Waals surface area contributed by atoms with Crippen molar-refractivity contribution in [1.82, 2.24) is 15.5 Å². The normalized spacial score (nSPS) is 17.2. The van der Waals surface area contributed by atoms with E-state index in [2.05, 4.69) is 10.6 Å². The van der Waals surface area contributed by atoms with E-state index in [-0.39, 0.29) is 29.7 Å². The number of piperidine rings is 1. The number of amides is 3. The van der Waals surface area contributed by atoms with Gasteiger partial charge in [0.05, 0.1) is 7.11 Å². The van der Waals surface area contributed by atoms with E-state index in [0.717, 1.165) is 18.4 Å². The summed E-state index contributed by atoms with van der Waals surface area (Å²) in [6.45, 7) is 3.04. The van der Waals surface area contributed by atoms with Crippen LogP contribution in [0.25, 0.3) is 0 Å². The Balaban J connectivity index is 1.42. The lowest BCUT2D eigenvalue weighted by Gasteiger charge is -2.36. The van der Waals surface area contributed by atoms with Crippen LogP contribution < -0.4 is 15.4 Å². The summed E-state index contributed by atoms with van der Waals surface area (Å²) < 4.78 is 5.23. The Kier molecular flexibility index (Phi) is 6.96. The van der Waals surface area contributed by atoms with Crippen LogP contribution in [0, 0.1) is 12.8 Å². The minimum absolute atomic E-state index is 0.0347. The van der Waals surface area contributed by atoms with E-state index >= 15 is 0 Å². The third-order valence-electron chi connectivity index (χ3n) is 6.42. The molecule has 2 aromatic rings. The van der Waals surface area contributed by atoms with Gasteiger partial charge in [-0.1, -0.05) is 23.8 Å². The van der Waals surface area contributed by atoms with Gasteiger partial charge in [-0.2, -0.15) is 0 Å². The van der Waals surface area contributed by atoms with E-state index in [9.17, 15) is 14.4 Å². The van der Waals surface area contributed by atoms with Gasteiger partial charge in [0, 0.05) is 30.3 Å². The van der Waals surface area contributed by atoms with Crippen LogP contribution in [0.3, 0.4) is 0 Å². The third kappa shape index (κ3) is 5.72. The van der Waals surface area contributed by atoms with Gasteiger partial charge in [-0.25, -0.2) is 0 Å². The molecule has 3 amide bonds. The maximum atomic E-state index is 13.0. The predicted octanol–water partition coefficient (Wildman–Crippen LogP) is 2.93. The Morgan fingerprint density at radius 3 is 2.30 bits per heavy atom. The van der Waals surface area contributed by atoms with Gasteiger partial charge in [0.25, 0.3) is 11.8 Å². The van der Waals surface area contributed by atoms with Gasteiger partial charge in [-0.15, -0.1) is 0 Å². The number of likely N-dealkylation sites (tertiary alicyclic amines) is 1. The highest BCUT2D eigenvalue weighted by Gasteiger charge is 2.36. The molecule has 4 rings (SSSR count). The topological polar surface area (TPSA) is 87.7 Å². The molecular formula is C26H31N3O4. The Morgan fingerprint density at radius 2 is 1.67 bits per heavy atom. The van der Waals surface area contributed by atoms with E-state index in [1.807, 2.05) is 30.0 Å². The average molecular weight is 450 g/mol. The van der Waals surface area contributed by atoms with Crippen molar-refractivity contribution in [2.45, 2.75) is 44.7 Å². The number of carbonyl (C=O) groups is 3. The number of nitrogens with zero attached hydrogens (tertiary/aromatic N) is 1. The molecule has 1 aliphatic heterocycles. The Bertz CT molecular complexity index is 1010. The van der Waals surface area contributed by atoms with E-state index in [0.29, 0.717) is 42.8 Å².